The van der Waals surface area contributed by atoms with Crippen LogP contribution in [0.1, 0.15) is 21.5 Å². The summed E-state index contributed by atoms with van der Waals surface area (Å²) in [6.07, 6.45) is 1.68. The molecule has 0 aliphatic carbocycles. The Balaban J connectivity index is 2.19. The fraction of sp³-hybridized carbons (Fsp3) is 0.200. The topological polar surface area (TPSA) is 54.0 Å². The summed E-state index contributed by atoms with van der Waals surface area (Å²) in [5.41, 5.74) is 3.68. The third-order valence-electron chi connectivity index (χ3n) is 3.05. The molecule has 4 nitrogen and oxygen atoms in total. The summed E-state index contributed by atoms with van der Waals surface area (Å²) < 4.78 is 0.921. The fourth-order valence-electron chi connectivity index (χ4n) is 1.88. The van der Waals surface area contributed by atoms with Gasteiger partial charge >= 0.3 is 0 Å². The van der Waals surface area contributed by atoms with Crippen molar-refractivity contribution >= 4 is 33.3 Å². The highest BCUT2D eigenvalue weighted by Gasteiger charge is 2.09. The molecule has 0 unspecified atom stereocenters. The molecule has 0 aliphatic rings. The van der Waals surface area contributed by atoms with E-state index in [2.05, 4.69) is 31.5 Å². The van der Waals surface area contributed by atoms with Crippen LogP contribution in [-0.2, 0) is 0 Å². The normalized spacial score (nSPS) is 10.2. The van der Waals surface area contributed by atoms with E-state index in [4.69, 9.17) is 0 Å². The van der Waals surface area contributed by atoms with E-state index >= 15 is 0 Å². The third kappa shape index (κ3) is 3.17. The van der Waals surface area contributed by atoms with Crippen LogP contribution in [0.4, 0.5) is 11.5 Å². The molecule has 1 aromatic carbocycles. The first-order chi connectivity index (χ1) is 9.51. The number of pyridine rings is 1. The monoisotopic (exact) mass is 333 g/mol. The molecule has 5 heteroatoms. The van der Waals surface area contributed by atoms with Crippen molar-refractivity contribution in [3.8, 4) is 0 Å². The van der Waals surface area contributed by atoms with E-state index < -0.39 is 0 Å². The quantitative estimate of drug-likeness (QED) is 0.899. The zero-order chi connectivity index (χ0) is 14.7. The Hall–Kier alpha value is -1.88. The van der Waals surface area contributed by atoms with E-state index in [-0.39, 0.29) is 5.91 Å². The Morgan fingerprint density at radius 1 is 1.20 bits per heavy atom. The maximum atomic E-state index is 12.2. The zero-order valence-corrected chi connectivity index (χ0v) is 13.2. The summed E-state index contributed by atoms with van der Waals surface area (Å²) in [5.74, 6) is 0.385. The van der Waals surface area contributed by atoms with Crippen molar-refractivity contribution in [2.75, 3.05) is 17.7 Å². The summed E-state index contributed by atoms with van der Waals surface area (Å²) in [4.78, 5) is 16.3. The lowest BCUT2D eigenvalue weighted by atomic mass is 10.1. The minimum atomic E-state index is -0.162. The first-order valence-corrected chi connectivity index (χ1v) is 7.02. The van der Waals surface area contributed by atoms with Gasteiger partial charge in [0, 0.05) is 29.0 Å². The highest BCUT2D eigenvalue weighted by molar-refractivity contribution is 9.10. The molecule has 0 bridgehead atoms. The van der Waals surface area contributed by atoms with Crippen molar-refractivity contribution in [1.29, 1.82) is 0 Å². The van der Waals surface area contributed by atoms with Gasteiger partial charge in [-0.05, 0) is 65.2 Å². The van der Waals surface area contributed by atoms with E-state index in [1.54, 1.807) is 12.3 Å². The molecular formula is C15H16BrN3O. The van der Waals surface area contributed by atoms with Crippen LogP contribution in [0.25, 0.3) is 0 Å². The van der Waals surface area contributed by atoms with E-state index in [0.717, 1.165) is 21.3 Å². The molecule has 1 aromatic heterocycles. The highest BCUT2D eigenvalue weighted by atomic mass is 79.9. The summed E-state index contributed by atoms with van der Waals surface area (Å²) in [7, 11) is 1.86. The number of aromatic nitrogens is 1. The van der Waals surface area contributed by atoms with Gasteiger partial charge in [0.15, 0.2) is 0 Å². The Morgan fingerprint density at radius 3 is 2.55 bits per heavy atom. The van der Waals surface area contributed by atoms with Gasteiger partial charge in [0.05, 0.1) is 0 Å². The van der Waals surface area contributed by atoms with Crippen LogP contribution in [0.15, 0.2) is 34.9 Å². The number of hydrogen-bond acceptors (Lipinski definition) is 3. The number of amides is 1. The fourth-order valence-corrected chi connectivity index (χ4v) is 2.10. The smallest absolute Gasteiger partial charge is 0.256 e. The SMILES string of the molecule is CNc1ccc(C(=O)Nc2cc(C)c(Br)cn2)cc1C. The minimum Gasteiger partial charge on any atom is -0.388 e. The van der Waals surface area contributed by atoms with Crippen LogP contribution < -0.4 is 10.6 Å². The van der Waals surface area contributed by atoms with Crippen LogP contribution in [0, 0.1) is 13.8 Å². The third-order valence-corrected chi connectivity index (χ3v) is 3.88. The number of hydrogen-bond donors (Lipinski definition) is 2. The second-order valence-electron chi connectivity index (χ2n) is 4.55. The summed E-state index contributed by atoms with van der Waals surface area (Å²) >= 11 is 3.38. The number of benzene rings is 1. The van der Waals surface area contributed by atoms with Gasteiger partial charge in [0.1, 0.15) is 5.82 Å². The molecule has 1 amide bonds. The van der Waals surface area contributed by atoms with Crippen molar-refractivity contribution < 1.29 is 4.79 Å². The molecule has 2 aromatic rings. The number of nitrogens with zero attached hydrogens (tertiary/aromatic N) is 1. The van der Waals surface area contributed by atoms with Crippen molar-refractivity contribution in [3.63, 3.8) is 0 Å². The Kier molecular flexibility index (Phi) is 4.39. The summed E-state index contributed by atoms with van der Waals surface area (Å²) in [6, 6.07) is 7.37. The average Bonchev–Trinajstić information content (AvgIpc) is 2.42. The molecule has 0 radical (unpaired) electrons. The average molecular weight is 334 g/mol. The number of halogens is 1. The molecule has 0 aliphatic heterocycles. The van der Waals surface area contributed by atoms with E-state index in [0.29, 0.717) is 11.4 Å². The van der Waals surface area contributed by atoms with Crippen molar-refractivity contribution in [3.05, 3.63) is 51.6 Å². The van der Waals surface area contributed by atoms with Crippen LogP contribution in [0.3, 0.4) is 0 Å². The first kappa shape index (κ1) is 14.5. The van der Waals surface area contributed by atoms with Crippen molar-refractivity contribution in [2.24, 2.45) is 0 Å². The second kappa shape index (κ2) is 6.05. The van der Waals surface area contributed by atoms with Gasteiger partial charge in [0.25, 0.3) is 5.91 Å². The van der Waals surface area contributed by atoms with E-state index in [9.17, 15) is 4.79 Å². The largest absolute Gasteiger partial charge is 0.388 e. The van der Waals surface area contributed by atoms with Crippen LogP contribution in [-0.4, -0.2) is 17.9 Å². The van der Waals surface area contributed by atoms with E-state index in [1.165, 1.54) is 0 Å². The number of carbonyl (C=O) groups is 1. The molecular weight excluding hydrogens is 318 g/mol. The first-order valence-electron chi connectivity index (χ1n) is 6.23. The van der Waals surface area contributed by atoms with E-state index in [1.807, 2.05) is 39.1 Å². The Bertz CT molecular complexity index is 656. The molecule has 0 atom stereocenters. The Morgan fingerprint density at radius 2 is 1.95 bits per heavy atom. The van der Waals surface area contributed by atoms with Crippen LogP contribution in [0.2, 0.25) is 0 Å². The molecule has 0 saturated carbocycles. The molecule has 20 heavy (non-hydrogen) atoms. The number of nitrogens with one attached hydrogen (secondary N) is 2. The van der Waals surface area contributed by atoms with Gasteiger partial charge < -0.3 is 10.6 Å². The number of aryl methyl sites for hydroxylation is 2. The second-order valence-corrected chi connectivity index (χ2v) is 5.41. The zero-order valence-electron chi connectivity index (χ0n) is 11.6. The predicted molar refractivity (Wildman–Crippen MR) is 85.4 cm³/mol. The van der Waals surface area contributed by atoms with Gasteiger partial charge in [0.2, 0.25) is 0 Å². The molecule has 0 saturated heterocycles. The highest BCUT2D eigenvalue weighted by Crippen LogP contribution is 2.19. The summed E-state index contributed by atoms with van der Waals surface area (Å²) in [6.45, 7) is 3.91. The standard InChI is InChI=1S/C15H16BrN3O/c1-9-7-14(18-8-12(9)16)19-15(20)11-4-5-13(17-3)10(2)6-11/h4-8,17H,1-3H3,(H,18,19,20). The number of anilines is 2. The Labute approximate surface area is 126 Å². The van der Waals surface area contributed by atoms with Crippen LogP contribution in [0.5, 0.6) is 0 Å². The molecule has 1 heterocycles. The minimum absolute atomic E-state index is 0.162. The van der Waals surface area contributed by atoms with Gasteiger partial charge in [-0.25, -0.2) is 4.98 Å². The molecule has 0 spiro atoms. The summed E-state index contributed by atoms with van der Waals surface area (Å²) in [5, 5.41) is 5.88. The lowest BCUT2D eigenvalue weighted by Crippen LogP contribution is -2.13. The molecule has 0 fully saturated rings. The van der Waals surface area contributed by atoms with Crippen molar-refractivity contribution in [1.82, 2.24) is 4.98 Å². The molecule has 2 rings (SSSR count). The van der Waals surface area contributed by atoms with Crippen LogP contribution >= 0.6 is 15.9 Å². The molecule has 2 N–H and O–H groups in total. The lowest BCUT2D eigenvalue weighted by Gasteiger charge is -2.09. The molecule has 104 valence electrons. The van der Waals surface area contributed by atoms with Crippen molar-refractivity contribution in [2.45, 2.75) is 13.8 Å². The van der Waals surface area contributed by atoms with Gasteiger partial charge in [-0.2, -0.15) is 0 Å². The lowest BCUT2D eigenvalue weighted by molar-refractivity contribution is 0.102. The maximum Gasteiger partial charge on any atom is 0.256 e. The number of carbonyl (C=O) groups excluding carboxylic acids is 1. The van der Waals surface area contributed by atoms with Gasteiger partial charge in [-0.1, -0.05) is 0 Å². The predicted octanol–water partition coefficient (Wildman–Crippen LogP) is 3.75. The number of rotatable bonds is 3. The van der Waals surface area contributed by atoms with Gasteiger partial charge in [-0.3, -0.25) is 4.79 Å². The maximum absolute atomic E-state index is 12.2. The van der Waals surface area contributed by atoms with Gasteiger partial charge in [-0.15, -0.1) is 0 Å².